The number of hydrogen-bond acceptors (Lipinski definition) is 2. The number of fused-ring (bicyclic) bond motifs is 3. The lowest BCUT2D eigenvalue weighted by Gasteiger charge is -2.32. The maximum absolute atomic E-state index is 9.47. The van der Waals surface area contributed by atoms with Gasteiger partial charge in [-0.3, -0.25) is 4.98 Å². The van der Waals surface area contributed by atoms with Crippen LogP contribution in [0.25, 0.3) is 21.7 Å². The highest BCUT2D eigenvalue weighted by Gasteiger charge is 2.29. The van der Waals surface area contributed by atoms with Gasteiger partial charge in [-0.1, -0.05) is 64.8 Å². The van der Waals surface area contributed by atoms with E-state index in [1.165, 1.54) is 42.2 Å². The van der Waals surface area contributed by atoms with Gasteiger partial charge < -0.3 is 0 Å². The van der Waals surface area contributed by atoms with Crippen molar-refractivity contribution in [2.75, 3.05) is 0 Å². The molecule has 0 bridgehead atoms. The van der Waals surface area contributed by atoms with Gasteiger partial charge >= 0.3 is 0 Å². The molecule has 1 aromatic heterocycles. The van der Waals surface area contributed by atoms with Gasteiger partial charge in [0.1, 0.15) is 0 Å². The molecule has 1 heterocycles. The zero-order chi connectivity index (χ0) is 19.4. The fraction of sp³-hybridized carbons (Fsp3) is 0.440. The smallest absolute Gasteiger partial charge is 0.0998 e. The van der Waals surface area contributed by atoms with Crippen molar-refractivity contribution >= 4 is 21.7 Å². The average Bonchev–Trinajstić information content (AvgIpc) is 2.70. The summed E-state index contributed by atoms with van der Waals surface area (Å²) in [4.78, 5) is 4.90. The Kier molecular flexibility index (Phi) is 5.80. The monoisotopic (exact) mass is 358 g/mol. The van der Waals surface area contributed by atoms with Crippen LogP contribution in [-0.4, -0.2) is 4.98 Å². The molecule has 3 rings (SSSR count). The van der Waals surface area contributed by atoms with Crippen molar-refractivity contribution < 1.29 is 0 Å². The molecule has 0 amide bonds. The van der Waals surface area contributed by atoms with E-state index in [-0.39, 0.29) is 5.41 Å². The van der Waals surface area contributed by atoms with E-state index in [2.05, 4.69) is 58.2 Å². The largest absolute Gasteiger partial charge is 0.255 e. The number of benzene rings is 2. The molecular formula is C25H30N2. The van der Waals surface area contributed by atoms with Crippen molar-refractivity contribution in [1.82, 2.24) is 4.98 Å². The highest BCUT2D eigenvalue weighted by atomic mass is 14.7. The molecule has 0 fully saturated rings. The predicted octanol–water partition coefficient (Wildman–Crippen LogP) is 7.07. The molecule has 27 heavy (non-hydrogen) atoms. The summed E-state index contributed by atoms with van der Waals surface area (Å²) in [5, 5.41) is 12.8. The Labute approximate surface area is 163 Å². The van der Waals surface area contributed by atoms with E-state index in [9.17, 15) is 5.26 Å². The fourth-order valence-corrected chi connectivity index (χ4v) is 4.46. The summed E-state index contributed by atoms with van der Waals surface area (Å²) in [5.41, 5.74) is 4.79. The van der Waals surface area contributed by atoms with Gasteiger partial charge in [0.05, 0.1) is 17.1 Å². The van der Waals surface area contributed by atoms with Crippen LogP contribution in [0.15, 0.2) is 36.5 Å². The van der Waals surface area contributed by atoms with Crippen LogP contribution in [0.5, 0.6) is 0 Å². The molecular weight excluding hydrogens is 328 g/mol. The van der Waals surface area contributed by atoms with E-state index in [0.717, 1.165) is 34.7 Å². The molecule has 3 aromatic rings. The third kappa shape index (κ3) is 3.44. The molecule has 0 unspecified atom stereocenters. The number of nitriles is 1. The first-order chi connectivity index (χ1) is 13.1. The molecule has 0 radical (unpaired) electrons. The molecule has 0 aliphatic carbocycles. The van der Waals surface area contributed by atoms with Gasteiger partial charge in [0, 0.05) is 22.4 Å². The van der Waals surface area contributed by atoms with E-state index in [1.807, 2.05) is 12.1 Å². The molecule has 0 aliphatic rings. The Balaban J connectivity index is 2.37. The molecule has 0 saturated carbocycles. The Bertz CT molecular complexity index is 997. The minimum atomic E-state index is 0.152. The minimum Gasteiger partial charge on any atom is -0.255 e. The molecule has 0 aliphatic heterocycles. The maximum atomic E-state index is 9.47. The Morgan fingerprint density at radius 1 is 1.00 bits per heavy atom. The summed E-state index contributed by atoms with van der Waals surface area (Å²) in [6.07, 6.45) is 9.05. The summed E-state index contributed by atoms with van der Waals surface area (Å²) in [5.74, 6) is 0. The summed E-state index contributed by atoms with van der Waals surface area (Å²) in [6.45, 7) is 9.24. The molecule has 0 saturated heterocycles. The Hall–Kier alpha value is -2.40. The topological polar surface area (TPSA) is 36.7 Å². The fourth-order valence-electron chi connectivity index (χ4n) is 4.46. The predicted molar refractivity (Wildman–Crippen MR) is 115 cm³/mol. The number of unbranched alkanes of at least 4 members (excludes halogenated alkanes) is 1. The number of aromatic nitrogens is 1. The van der Waals surface area contributed by atoms with Crippen LogP contribution in [0.2, 0.25) is 0 Å². The van der Waals surface area contributed by atoms with Crippen LogP contribution in [0.4, 0.5) is 0 Å². The van der Waals surface area contributed by atoms with Crippen molar-refractivity contribution in [2.24, 2.45) is 0 Å². The molecule has 0 spiro atoms. The molecule has 2 nitrogen and oxygen atoms in total. The lowest BCUT2D eigenvalue weighted by atomic mass is 9.72. The van der Waals surface area contributed by atoms with Crippen molar-refractivity contribution in [1.29, 1.82) is 5.26 Å². The Morgan fingerprint density at radius 2 is 1.78 bits per heavy atom. The van der Waals surface area contributed by atoms with E-state index in [0.29, 0.717) is 0 Å². The first-order valence-electron chi connectivity index (χ1n) is 10.3. The van der Waals surface area contributed by atoms with Crippen LogP contribution < -0.4 is 0 Å². The lowest BCUT2D eigenvalue weighted by Crippen LogP contribution is -2.23. The maximum Gasteiger partial charge on any atom is 0.0998 e. The van der Waals surface area contributed by atoms with E-state index in [4.69, 9.17) is 4.98 Å². The van der Waals surface area contributed by atoms with Crippen LogP contribution >= 0.6 is 0 Å². The van der Waals surface area contributed by atoms with Crippen LogP contribution in [0.3, 0.4) is 0 Å². The van der Waals surface area contributed by atoms with Gasteiger partial charge in [-0.25, -0.2) is 0 Å². The van der Waals surface area contributed by atoms with E-state index < -0.39 is 0 Å². The number of pyridine rings is 1. The Morgan fingerprint density at radius 3 is 2.44 bits per heavy atom. The summed E-state index contributed by atoms with van der Waals surface area (Å²) < 4.78 is 0. The molecule has 2 aromatic carbocycles. The second kappa shape index (κ2) is 8.09. The molecule has 1 atom stereocenters. The van der Waals surface area contributed by atoms with Gasteiger partial charge in [0.25, 0.3) is 0 Å². The number of nitrogens with zero attached hydrogens (tertiary/aromatic N) is 2. The van der Waals surface area contributed by atoms with E-state index >= 15 is 0 Å². The second-order valence-electron chi connectivity index (χ2n) is 7.90. The zero-order valence-electron chi connectivity index (χ0n) is 17.1. The number of aryl methyl sites for hydroxylation is 1. The summed E-state index contributed by atoms with van der Waals surface area (Å²) in [7, 11) is 0. The van der Waals surface area contributed by atoms with Crippen molar-refractivity contribution in [3.8, 4) is 6.07 Å². The van der Waals surface area contributed by atoms with Gasteiger partial charge in [-0.2, -0.15) is 5.26 Å². The molecule has 2 heteroatoms. The van der Waals surface area contributed by atoms with Crippen LogP contribution in [-0.2, 0) is 11.8 Å². The van der Waals surface area contributed by atoms with E-state index in [1.54, 1.807) is 0 Å². The van der Waals surface area contributed by atoms with Crippen molar-refractivity contribution in [3.63, 3.8) is 0 Å². The van der Waals surface area contributed by atoms with Crippen molar-refractivity contribution in [2.45, 2.75) is 71.6 Å². The summed E-state index contributed by atoms with van der Waals surface area (Å²) in [6, 6.07) is 12.6. The first-order valence-corrected chi connectivity index (χ1v) is 10.3. The van der Waals surface area contributed by atoms with Gasteiger partial charge in [0.15, 0.2) is 0 Å². The average molecular weight is 359 g/mol. The van der Waals surface area contributed by atoms with Crippen LogP contribution in [0.1, 0.15) is 76.5 Å². The quantitative estimate of drug-likeness (QED) is 0.423. The van der Waals surface area contributed by atoms with Crippen molar-refractivity contribution in [3.05, 3.63) is 53.2 Å². The number of rotatable bonds is 7. The SMILES string of the molecule is CCCCc1cnc2c(ccc3c(C#N)cccc32)c1[C@](C)(CC)CCC. The summed E-state index contributed by atoms with van der Waals surface area (Å²) >= 11 is 0. The zero-order valence-corrected chi connectivity index (χ0v) is 17.1. The van der Waals surface area contributed by atoms with Gasteiger partial charge in [-0.05, 0) is 48.3 Å². The number of hydrogen-bond donors (Lipinski definition) is 0. The molecule has 140 valence electrons. The third-order valence-electron chi connectivity index (χ3n) is 6.08. The standard InChI is InChI=1S/C25H30N2/c1-5-8-10-19-17-27-24-21-12-9-11-18(16-26)20(21)13-14-22(24)23(19)25(4,7-3)15-6-2/h9,11-14,17H,5-8,10,15H2,1-4H3/t25-/m1/s1. The van der Waals surface area contributed by atoms with Gasteiger partial charge in [-0.15, -0.1) is 0 Å². The highest BCUT2D eigenvalue weighted by Crippen LogP contribution is 2.41. The lowest BCUT2D eigenvalue weighted by molar-refractivity contribution is 0.413. The van der Waals surface area contributed by atoms with Gasteiger partial charge in [0.2, 0.25) is 0 Å². The van der Waals surface area contributed by atoms with Crippen LogP contribution in [0, 0.1) is 11.3 Å². The second-order valence-corrected chi connectivity index (χ2v) is 7.90. The molecule has 0 N–H and O–H groups in total. The first kappa shape index (κ1) is 19.4. The normalized spacial score (nSPS) is 13.6. The third-order valence-corrected chi connectivity index (χ3v) is 6.08. The highest BCUT2D eigenvalue weighted by molar-refractivity contribution is 6.08. The minimum absolute atomic E-state index is 0.152.